The molecule has 0 aliphatic heterocycles. The quantitative estimate of drug-likeness (QED) is 0.855. The first kappa shape index (κ1) is 12.6. The lowest BCUT2D eigenvalue weighted by Crippen LogP contribution is -2.03. The standard InChI is InChI=1S/C11H10ClN3O3S/c12-9-7(3-4-18-9)10-13-14-11(19-5-8(16)17)15(10)6-1-2-6/h3-4,6H,1-2,5H2,(H,16,17). The smallest absolute Gasteiger partial charge is 0.313 e. The molecule has 1 aliphatic carbocycles. The van der Waals surface area contributed by atoms with E-state index in [1.807, 2.05) is 4.57 Å². The van der Waals surface area contributed by atoms with Crippen molar-refractivity contribution >= 4 is 29.3 Å². The minimum Gasteiger partial charge on any atom is -0.481 e. The Kier molecular flexibility index (Phi) is 3.24. The highest BCUT2D eigenvalue weighted by molar-refractivity contribution is 7.99. The van der Waals surface area contributed by atoms with Crippen LogP contribution in [0.5, 0.6) is 0 Å². The molecule has 19 heavy (non-hydrogen) atoms. The molecule has 0 amide bonds. The summed E-state index contributed by atoms with van der Waals surface area (Å²) in [6.45, 7) is 0. The second kappa shape index (κ2) is 4.90. The highest BCUT2D eigenvalue weighted by Crippen LogP contribution is 2.42. The molecule has 2 aromatic heterocycles. The third kappa shape index (κ3) is 2.48. The normalized spacial score (nSPS) is 14.8. The Balaban J connectivity index is 1.97. The Morgan fingerprint density at radius 3 is 2.95 bits per heavy atom. The Morgan fingerprint density at radius 1 is 1.58 bits per heavy atom. The van der Waals surface area contributed by atoms with E-state index >= 15 is 0 Å². The number of halogens is 1. The molecule has 1 aliphatic rings. The first-order valence-electron chi connectivity index (χ1n) is 5.69. The van der Waals surface area contributed by atoms with Gasteiger partial charge in [0.25, 0.3) is 0 Å². The van der Waals surface area contributed by atoms with E-state index < -0.39 is 5.97 Å². The molecule has 3 rings (SSSR count). The lowest BCUT2D eigenvalue weighted by Gasteiger charge is -2.06. The largest absolute Gasteiger partial charge is 0.481 e. The van der Waals surface area contributed by atoms with E-state index in [2.05, 4.69) is 10.2 Å². The van der Waals surface area contributed by atoms with Gasteiger partial charge < -0.3 is 9.52 Å². The molecule has 6 nitrogen and oxygen atoms in total. The first-order valence-corrected chi connectivity index (χ1v) is 7.06. The summed E-state index contributed by atoms with van der Waals surface area (Å²) in [5.41, 5.74) is 0.684. The number of hydrogen-bond donors (Lipinski definition) is 1. The number of carboxylic acids is 1. The predicted octanol–water partition coefficient (Wildman–Crippen LogP) is 2.70. The lowest BCUT2D eigenvalue weighted by molar-refractivity contribution is -0.133. The average molecular weight is 300 g/mol. The van der Waals surface area contributed by atoms with E-state index in [9.17, 15) is 4.79 Å². The molecule has 0 bridgehead atoms. The number of aromatic nitrogens is 3. The van der Waals surface area contributed by atoms with E-state index in [0.29, 0.717) is 22.6 Å². The molecule has 2 heterocycles. The summed E-state index contributed by atoms with van der Waals surface area (Å²) < 4.78 is 7.01. The van der Waals surface area contributed by atoms with Crippen molar-refractivity contribution in [1.29, 1.82) is 0 Å². The van der Waals surface area contributed by atoms with Gasteiger partial charge in [0.2, 0.25) is 5.22 Å². The van der Waals surface area contributed by atoms with Crippen LogP contribution in [0.2, 0.25) is 5.22 Å². The minimum atomic E-state index is -0.877. The van der Waals surface area contributed by atoms with Gasteiger partial charge in [0.05, 0.1) is 17.6 Å². The van der Waals surface area contributed by atoms with Crippen LogP contribution in [0.4, 0.5) is 0 Å². The molecule has 1 saturated carbocycles. The van der Waals surface area contributed by atoms with Gasteiger partial charge in [0, 0.05) is 6.04 Å². The second-order valence-electron chi connectivity index (χ2n) is 4.20. The minimum absolute atomic E-state index is 0.0377. The second-order valence-corrected chi connectivity index (χ2v) is 5.48. The highest BCUT2D eigenvalue weighted by Gasteiger charge is 2.31. The van der Waals surface area contributed by atoms with Gasteiger partial charge in [-0.3, -0.25) is 9.36 Å². The topological polar surface area (TPSA) is 81.2 Å². The molecule has 1 fully saturated rings. The van der Waals surface area contributed by atoms with Gasteiger partial charge in [-0.15, -0.1) is 10.2 Å². The van der Waals surface area contributed by atoms with Crippen LogP contribution >= 0.6 is 23.4 Å². The number of hydrogen-bond acceptors (Lipinski definition) is 5. The third-order valence-electron chi connectivity index (χ3n) is 2.76. The number of nitrogens with zero attached hydrogens (tertiary/aromatic N) is 3. The fourth-order valence-corrected chi connectivity index (χ4v) is 2.73. The van der Waals surface area contributed by atoms with Crippen LogP contribution in [0, 0.1) is 0 Å². The van der Waals surface area contributed by atoms with Crippen molar-refractivity contribution in [2.75, 3.05) is 5.75 Å². The number of furan rings is 1. The van der Waals surface area contributed by atoms with E-state index in [0.717, 1.165) is 24.6 Å². The van der Waals surface area contributed by atoms with Crippen molar-refractivity contribution in [2.45, 2.75) is 24.0 Å². The Morgan fingerprint density at radius 2 is 2.37 bits per heavy atom. The molecular weight excluding hydrogens is 290 g/mol. The Hall–Kier alpha value is -1.47. The maximum atomic E-state index is 10.6. The van der Waals surface area contributed by atoms with Crippen molar-refractivity contribution in [2.24, 2.45) is 0 Å². The van der Waals surface area contributed by atoms with Crippen molar-refractivity contribution < 1.29 is 14.3 Å². The maximum absolute atomic E-state index is 10.6. The molecule has 0 spiro atoms. The van der Waals surface area contributed by atoms with Crippen molar-refractivity contribution in [1.82, 2.24) is 14.8 Å². The SMILES string of the molecule is O=C(O)CSc1nnc(-c2ccoc2Cl)n1C1CC1. The average Bonchev–Trinajstić information content (AvgIpc) is 2.98. The first-order chi connectivity index (χ1) is 9.16. The maximum Gasteiger partial charge on any atom is 0.313 e. The highest BCUT2D eigenvalue weighted by atomic mass is 35.5. The van der Waals surface area contributed by atoms with Gasteiger partial charge in [0.15, 0.2) is 11.0 Å². The van der Waals surface area contributed by atoms with Crippen LogP contribution in [0.1, 0.15) is 18.9 Å². The zero-order chi connectivity index (χ0) is 13.4. The van der Waals surface area contributed by atoms with Crippen LogP contribution < -0.4 is 0 Å². The van der Waals surface area contributed by atoms with Crippen LogP contribution in [-0.4, -0.2) is 31.6 Å². The number of rotatable bonds is 5. The van der Waals surface area contributed by atoms with Gasteiger partial charge in [-0.25, -0.2) is 0 Å². The van der Waals surface area contributed by atoms with E-state index in [4.69, 9.17) is 21.1 Å². The van der Waals surface area contributed by atoms with Crippen LogP contribution in [0.3, 0.4) is 0 Å². The van der Waals surface area contributed by atoms with E-state index in [1.165, 1.54) is 6.26 Å². The molecule has 8 heteroatoms. The van der Waals surface area contributed by atoms with Gasteiger partial charge >= 0.3 is 5.97 Å². The van der Waals surface area contributed by atoms with Gasteiger partial charge in [0.1, 0.15) is 0 Å². The van der Waals surface area contributed by atoms with E-state index in [-0.39, 0.29) is 11.0 Å². The molecule has 0 saturated heterocycles. The number of carboxylic acid groups (broad SMARTS) is 1. The number of aliphatic carboxylic acids is 1. The monoisotopic (exact) mass is 299 g/mol. The molecular formula is C11H10ClN3O3S. The van der Waals surface area contributed by atoms with Crippen molar-refractivity contribution in [3.05, 3.63) is 17.5 Å². The summed E-state index contributed by atoms with van der Waals surface area (Å²) in [7, 11) is 0. The molecule has 0 atom stereocenters. The lowest BCUT2D eigenvalue weighted by atomic mass is 10.3. The van der Waals surface area contributed by atoms with Gasteiger partial charge in [-0.05, 0) is 30.5 Å². The fraction of sp³-hybridized carbons (Fsp3) is 0.364. The molecule has 0 radical (unpaired) electrons. The van der Waals surface area contributed by atoms with Gasteiger partial charge in [-0.1, -0.05) is 11.8 Å². The van der Waals surface area contributed by atoms with Crippen LogP contribution in [0.15, 0.2) is 21.9 Å². The summed E-state index contributed by atoms with van der Waals surface area (Å²) in [5.74, 6) is -0.281. The zero-order valence-electron chi connectivity index (χ0n) is 9.74. The van der Waals surface area contributed by atoms with Crippen LogP contribution in [0.25, 0.3) is 11.4 Å². The summed E-state index contributed by atoms with van der Waals surface area (Å²) >= 11 is 7.12. The van der Waals surface area contributed by atoms with Gasteiger partial charge in [-0.2, -0.15) is 0 Å². The Bertz CT molecular complexity index is 620. The molecule has 1 N–H and O–H groups in total. The molecule has 0 aromatic carbocycles. The number of thioether (sulfide) groups is 1. The summed E-state index contributed by atoms with van der Waals surface area (Å²) in [6, 6.07) is 2.06. The molecule has 2 aromatic rings. The summed E-state index contributed by atoms with van der Waals surface area (Å²) in [5, 5.41) is 17.8. The van der Waals surface area contributed by atoms with Crippen molar-refractivity contribution in [3.8, 4) is 11.4 Å². The number of carbonyl (C=O) groups is 1. The predicted molar refractivity (Wildman–Crippen MR) is 69.4 cm³/mol. The molecule has 0 unspecified atom stereocenters. The Labute approximate surface area is 117 Å². The third-order valence-corrected chi connectivity index (χ3v) is 3.98. The summed E-state index contributed by atoms with van der Waals surface area (Å²) in [6.07, 6.45) is 3.58. The molecule has 100 valence electrons. The van der Waals surface area contributed by atoms with E-state index in [1.54, 1.807) is 6.07 Å². The van der Waals surface area contributed by atoms with Crippen LogP contribution in [-0.2, 0) is 4.79 Å². The van der Waals surface area contributed by atoms with Crippen molar-refractivity contribution in [3.63, 3.8) is 0 Å². The summed E-state index contributed by atoms with van der Waals surface area (Å²) in [4.78, 5) is 10.6. The fourth-order valence-electron chi connectivity index (χ4n) is 1.80. The zero-order valence-corrected chi connectivity index (χ0v) is 11.3.